The molecule has 3 N–H and O–H groups in total. The number of unbranched alkanes of at least 4 members (excludes halogenated alkanes) is 22. The topological polar surface area (TPSA) is 175 Å². The summed E-state index contributed by atoms with van der Waals surface area (Å²) in [6.45, 7) is 5.75. The van der Waals surface area contributed by atoms with Crippen molar-refractivity contribution < 1.29 is 58.2 Å². The number of hydrogen-bond donors (Lipinski definition) is 3. The van der Waals surface area contributed by atoms with Crippen LogP contribution in [0.2, 0.25) is 0 Å². The lowest BCUT2D eigenvalue weighted by Crippen LogP contribution is -2.61. The highest BCUT2D eigenvalue weighted by atomic mass is 16.7. The summed E-state index contributed by atoms with van der Waals surface area (Å²) >= 11 is 0. The monoisotopic (exact) mass is 1110 g/mol. The van der Waals surface area contributed by atoms with Gasteiger partial charge in [-0.05, 0) is 96.3 Å². The third kappa shape index (κ3) is 44.0. The molecule has 12 nitrogen and oxygen atoms in total. The number of carboxylic acids is 1. The first-order valence-electron chi connectivity index (χ1n) is 31.2. The minimum atomic E-state index is -1.91. The van der Waals surface area contributed by atoms with Crippen LogP contribution in [0.4, 0.5) is 0 Å². The van der Waals surface area contributed by atoms with E-state index in [1.165, 1.54) is 57.8 Å². The number of carboxylic acid groups (broad SMARTS) is 1. The van der Waals surface area contributed by atoms with Crippen molar-refractivity contribution in [2.45, 2.75) is 289 Å². The van der Waals surface area contributed by atoms with Gasteiger partial charge in [0.2, 0.25) is 0 Å². The molecular weight excluding hydrogens is 997 g/mol. The maximum Gasteiger partial charge on any atom is 0.335 e. The highest BCUT2D eigenvalue weighted by molar-refractivity contribution is 5.74. The molecule has 1 rings (SSSR count). The van der Waals surface area contributed by atoms with Crippen LogP contribution in [0, 0.1) is 0 Å². The predicted molar refractivity (Wildman–Crippen MR) is 321 cm³/mol. The van der Waals surface area contributed by atoms with Crippen LogP contribution >= 0.6 is 0 Å². The van der Waals surface area contributed by atoms with Gasteiger partial charge in [-0.2, -0.15) is 0 Å². The molecule has 0 radical (unpaired) electrons. The Morgan fingerprint density at radius 1 is 0.430 bits per heavy atom. The maximum atomic E-state index is 13.2. The van der Waals surface area contributed by atoms with Gasteiger partial charge < -0.3 is 39.0 Å². The summed E-state index contributed by atoms with van der Waals surface area (Å²) in [6, 6.07) is 0. The Kier molecular flexibility index (Phi) is 49.9. The summed E-state index contributed by atoms with van der Waals surface area (Å²) in [5.41, 5.74) is 0. The Morgan fingerprint density at radius 3 is 1.23 bits per heavy atom. The Bertz CT molecular complexity index is 1740. The standard InChI is InChI=1S/C67H110O12/c1-4-7-10-13-16-19-22-25-27-29-30-32-33-36-38-41-44-47-50-53-59(68)75-56-58(77-60(69)54-51-48-45-42-39-35-24-21-18-15-12-9-6-3)57-76-67-65(63(72)62(71)64(79-67)66(73)74)78-61(70)55-52-49-46-43-40-37-34-31-28-26-23-20-17-14-11-8-5-2/h7-8,10-11,16-17,19-20,25-28,30,32,36,38,58,62-65,67,71-72H,4-6,9,12-15,18,21-24,29,31,33-35,37,39-57H2,1-3H3,(H,73,74)/b10-7-,11-8-,19-16-,20-17-,27-25-,28-26-,32-30-,38-36-. The molecule has 12 heteroatoms. The number of rotatable bonds is 52. The second kappa shape index (κ2) is 54.2. The number of aliphatic carboxylic acids is 1. The molecule has 1 aliphatic heterocycles. The zero-order valence-corrected chi connectivity index (χ0v) is 49.6. The van der Waals surface area contributed by atoms with Crippen molar-refractivity contribution in [2.75, 3.05) is 13.2 Å². The molecular formula is C67H110O12. The lowest BCUT2D eigenvalue weighted by Gasteiger charge is -2.40. The van der Waals surface area contributed by atoms with Crippen LogP contribution < -0.4 is 0 Å². The predicted octanol–water partition coefficient (Wildman–Crippen LogP) is 16.5. The third-order valence-corrected chi connectivity index (χ3v) is 13.7. The molecule has 0 saturated carbocycles. The van der Waals surface area contributed by atoms with Gasteiger partial charge in [0.25, 0.3) is 0 Å². The lowest BCUT2D eigenvalue weighted by atomic mass is 9.98. The maximum absolute atomic E-state index is 13.2. The quantitative estimate of drug-likeness (QED) is 0.0228. The lowest BCUT2D eigenvalue weighted by molar-refractivity contribution is -0.301. The average Bonchev–Trinajstić information content (AvgIpc) is 3.47. The Morgan fingerprint density at radius 2 is 0.797 bits per heavy atom. The number of hydrogen-bond acceptors (Lipinski definition) is 11. The second-order valence-electron chi connectivity index (χ2n) is 20.9. The number of esters is 3. The molecule has 1 heterocycles. The molecule has 79 heavy (non-hydrogen) atoms. The molecule has 0 aliphatic carbocycles. The molecule has 1 fully saturated rings. The highest BCUT2D eigenvalue weighted by Gasteiger charge is 2.50. The Labute approximate surface area is 479 Å². The molecule has 1 saturated heterocycles. The fourth-order valence-electron chi connectivity index (χ4n) is 8.94. The van der Waals surface area contributed by atoms with E-state index in [1.807, 2.05) is 0 Å². The van der Waals surface area contributed by atoms with Crippen LogP contribution in [0.5, 0.6) is 0 Å². The molecule has 0 aromatic rings. The number of aliphatic hydroxyl groups is 2. The summed E-state index contributed by atoms with van der Waals surface area (Å²) in [5, 5.41) is 31.5. The summed E-state index contributed by atoms with van der Waals surface area (Å²) in [5.74, 6) is -3.17. The Balaban J connectivity index is 2.69. The average molecular weight is 1110 g/mol. The van der Waals surface area contributed by atoms with E-state index in [0.29, 0.717) is 19.3 Å². The molecule has 0 amide bonds. The molecule has 0 aromatic heterocycles. The summed E-state index contributed by atoms with van der Waals surface area (Å²) in [6.07, 6.45) is 59.4. The molecule has 0 bridgehead atoms. The summed E-state index contributed by atoms with van der Waals surface area (Å²) in [4.78, 5) is 51.2. The van der Waals surface area contributed by atoms with E-state index in [-0.39, 0.29) is 25.9 Å². The van der Waals surface area contributed by atoms with Gasteiger partial charge in [0.15, 0.2) is 24.6 Å². The van der Waals surface area contributed by atoms with Gasteiger partial charge in [0.1, 0.15) is 18.8 Å². The smallest absolute Gasteiger partial charge is 0.335 e. The van der Waals surface area contributed by atoms with Crippen LogP contribution in [0.3, 0.4) is 0 Å². The van der Waals surface area contributed by atoms with E-state index in [4.69, 9.17) is 23.7 Å². The second-order valence-corrected chi connectivity index (χ2v) is 20.9. The third-order valence-electron chi connectivity index (χ3n) is 13.7. The van der Waals surface area contributed by atoms with Crippen molar-refractivity contribution in [3.05, 3.63) is 97.2 Å². The number of carbonyl (C=O) groups excluding carboxylic acids is 3. The van der Waals surface area contributed by atoms with Crippen LogP contribution in [0.15, 0.2) is 97.2 Å². The van der Waals surface area contributed by atoms with Gasteiger partial charge in [-0.25, -0.2) is 4.79 Å². The first-order valence-corrected chi connectivity index (χ1v) is 31.2. The first-order chi connectivity index (χ1) is 38.6. The molecule has 450 valence electrons. The van der Waals surface area contributed by atoms with Crippen molar-refractivity contribution >= 4 is 23.9 Å². The van der Waals surface area contributed by atoms with Crippen molar-refractivity contribution in [3.8, 4) is 0 Å². The van der Waals surface area contributed by atoms with Gasteiger partial charge in [0, 0.05) is 19.3 Å². The molecule has 6 unspecified atom stereocenters. The summed E-state index contributed by atoms with van der Waals surface area (Å²) in [7, 11) is 0. The Hall–Kier alpha value is -4.36. The highest BCUT2D eigenvalue weighted by Crippen LogP contribution is 2.26. The van der Waals surface area contributed by atoms with E-state index in [1.54, 1.807) is 0 Å². The minimum absolute atomic E-state index is 0.0429. The first kappa shape index (κ1) is 72.7. The fourth-order valence-corrected chi connectivity index (χ4v) is 8.94. The van der Waals surface area contributed by atoms with Crippen molar-refractivity contribution in [2.24, 2.45) is 0 Å². The van der Waals surface area contributed by atoms with Crippen molar-refractivity contribution in [1.82, 2.24) is 0 Å². The number of ether oxygens (including phenoxy) is 5. The molecule has 1 aliphatic rings. The van der Waals surface area contributed by atoms with E-state index in [0.717, 1.165) is 135 Å². The van der Waals surface area contributed by atoms with E-state index in [2.05, 4.69) is 118 Å². The number of allylic oxidation sites excluding steroid dienone is 16. The van der Waals surface area contributed by atoms with Crippen molar-refractivity contribution in [1.29, 1.82) is 0 Å². The number of carbonyl (C=O) groups is 4. The van der Waals surface area contributed by atoms with Crippen LogP contribution in [0.25, 0.3) is 0 Å². The zero-order chi connectivity index (χ0) is 57.5. The fraction of sp³-hybridized carbons (Fsp3) is 0.701. The van der Waals surface area contributed by atoms with Crippen LogP contribution in [0.1, 0.15) is 252 Å². The van der Waals surface area contributed by atoms with E-state index < -0.39 is 67.3 Å². The van der Waals surface area contributed by atoms with Gasteiger partial charge in [-0.3, -0.25) is 14.4 Å². The van der Waals surface area contributed by atoms with Crippen molar-refractivity contribution in [3.63, 3.8) is 0 Å². The van der Waals surface area contributed by atoms with Crippen LogP contribution in [-0.2, 0) is 42.9 Å². The van der Waals surface area contributed by atoms with Gasteiger partial charge >= 0.3 is 23.9 Å². The van der Waals surface area contributed by atoms with Gasteiger partial charge in [-0.1, -0.05) is 234 Å². The SMILES string of the molecule is CC/C=C\C/C=C\C/C=C\C/C=C\C/C=C\CCCCCC(=O)OCC(COC1OC(C(=O)O)C(O)C(O)C1OC(=O)CCCCCCCCC/C=C\C/C=C\C/C=C\CC)OC(=O)CCCCCCCCCCCCCCC. The zero-order valence-electron chi connectivity index (χ0n) is 49.6. The number of aliphatic hydroxyl groups excluding tert-OH is 2. The largest absolute Gasteiger partial charge is 0.479 e. The normalized spacial score (nSPS) is 18.5. The van der Waals surface area contributed by atoms with Gasteiger partial charge in [-0.15, -0.1) is 0 Å². The molecule has 0 spiro atoms. The van der Waals surface area contributed by atoms with E-state index >= 15 is 0 Å². The summed E-state index contributed by atoms with van der Waals surface area (Å²) < 4.78 is 28.5. The van der Waals surface area contributed by atoms with E-state index in [9.17, 15) is 34.5 Å². The molecule has 6 atom stereocenters. The van der Waals surface area contributed by atoms with Crippen LogP contribution in [-0.4, -0.2) is 89.2 Å². The minimum Gasteiger partial charge on any atom is -0.479 e. The van der Waals surface area contributed by atoms with Gasteiger partial charge in [0.05, 0.1) is 6.61 Å². The molecule has 0 aromatic carbocycles.